The van der Waals surface area contributed by atoms with E-state index in [0.717, 1.165) is 6.07 Å². The molecule has 3 aromatic rings. The quantitative estimate of drug-likeness (QED) is 0.744. The van der Waals surface area contributed by atoms with Crippen LogP contribution in [0.25, 0.3) is 10.9 Å². The molecule has 1 aromatic heterocycles. The van der Waals surface area contributed by atoms with Crippen LogP contribution in [0, 0.1) is 5.82 Å². The zero-order valence-corrected chi connectivity index (χ0v) is 14.6. The molecule has 134 valence electrons. The fourth-order valence-electron chi connectivity index (χ4n) is 2.34. The predicted molar refractivity (Wildman–Crippen MR) is 95.7 cm³/mol. The van der Waals surface area contributed by atoms with Crippen LogP contribution >= 0.6 is 11.6 Å². The maximum atomic E-state index is 13.1. The Hall–Kier alpha value is -2.93. The van der Waals surface area contributed by atoms with Gasteiger partial charge in [0.25, 0.3) is 11.5 Å². The topological polar surface area (TPSA) is 75.3 Å². The number of likely N-dealkylation sites (N-methyl/N-ethyl adjacent to an activating group) is 1. The molecule has 26 heavy (non-hydrogen) atoms. The summed E-state index contributed by atoms with van der Waals surface area (Å²) in [4.78, 5) is 32.6. The van der Waals surface area contributed by atoms with Gasteiger partial charge in [-0.3, -0.25) is 9.59 Å². The molecule has 6 nitrogen and oxygen atoms in total. The zero-order chi connectivity index (χ0) is 18.7. The Bertz CT molecular complexity index is 1020. The average Bonchev–Trinajstić information content (AvgIpc) is 2.62. The van der Waals surface area contributed by atoms with Gasteiger partial charge in [0, 0.05) is 13.1 Å². The third-order valence-corrected chi connectivity index (χ3v) is 4.02. The van der Waals surface area contributed by atoms with Crippen LogP contribution in [0.4, 0.5) is 4.39 Å². The van der Waals surface area contributed by atoms with E-state index in [2.05, 4.69) is 9.97 Å². The first-order chi connectivity index (χ1) is 12.4. The summed E-state index contributed by atoms with van der Waals surface area (Å²) < 4.78 is 18.4. The number of para-hydroxylation sites is 1. The Morgan fingerprint density at radius 1 is 1.31 bits per heavy atom. The zero-order valence-electron chi connectivity index (χ0n) is 13.8. The summed E-state index contributed by atoms with van der Waals surface area (Å²) in [5, 5.41) is 0.406. The van der Waals surface area contributed by atoms with Crippen LogP contribution in [-0.2, 0) is 11.3 Å². The van der Waals surface area contributed by atoms with Crippen LogP contribution in [0.3, 0.4) is 0 Å². The number of benzene rings is 2. The summed E-state index contributed by atoms with van der Waals surface area (Å²) in [5.74, 6) is -0.236. The maximum Gasteiger partial charge on any atom is 0.260 e. The molecule has 0 saturated heterocycles. The molecular weight excluding hydrogens is 361 g/mol. The molecule has 0 aliphatic carbocycles. The van der Waals surface area contributed by atoms with Crippen LogP contribution in [0.2, 0.25) is 5.02 Å². The highest BCUT2D eigenvalue weighted by atomic mass is 35.5. The second-order valence-corrected chi connectivity index (χ2v) is 6.05. The van der Waals surface area contributed by atoms with E-state index >= 15 is 0 Å². The van der Waals surface area contributed by atoms with E-state index in [4.69, 9.17) is 16.3 Å². The molecule has 0 atom stereocenters. The second kappa shape index (κ2) is 7.53. The average molecular weight is 376 g/mol. The molecule has 0 saturated carbocycles. The van der Waals surface area contributed by atoms with E-state index < -0.39 is 5.82 Å². The van der Waals surface area contributed by atoms with Crippen molar-refractivity contribution in [1.29, 1.82) is 0 Å². The summed E-state index contributed by atoms with van der Waals surface area (Å²) in [6, 6.07) is 10.8. The number of hydrogen-bond acceptors (Lipinski definition) is 4. The Kier molecular flexibility index (Phi) is 5.18. The highest BCUT2D eigenvalue weighted by molar-refractivity contribution is 6.30. The van der Waals surface area contributed by atoms with Crippen LogP contribution in [0.1, 0.15) is 5.82 Å². The number of aromatic amines is 1. The van der Waals surface area contributed by atoms with Crippen molar-refractivity contribution in [3.8, 4) is 5.75 Å². The third kappa shape index (κ3) is 4.00. The van der Waals surface area contributed by atoms with Gasteiger partial charge in [0.15, 0.2) is 6.61 Å². The summed E-state index contributed by atoms with van der Waals surface area (Å²) in [6.45, 7) is -0.136. The number of H-pyrrole nitrogens is 1. The number of nitrogens with zero attached hydrogens (tertiary/aromatic N) is 2. The van der Waals surface area contributed by atoms with Crippen molar-refractivity contribution in [3.05, 3.63) is 69.5 Å². The Labute approximate surface area is 153 Å². The number of nitrogens with one attached hydrogen (secondary N) is 1. The van der Waals surface area contributed by atoms with Gasteiger partial charge in [0.1, 0.15) is 17.4 Å². The standard InChI is InChI=1S/C18H15ClFN3O3/c1-23(17(24)10-26-11-6-7-14(20)13(19)8-11)9-16-21-15-5-3-2-4-12(15)18(25)22-16/h2-8H,9-10H2,1H3,(H,21,22,25). The van der Waals surface area contributed by atoms with E-state index in [1.54, 1.807) is 31.3 Å². The van der Waals surface area contributed by atoms with Crippen molar-refractivity contribution in [3.63, 3.8) is 0 Å². The normalized spacial score (nSPS) is 10.7. The molecule has 0 aliphatic heterocycles. The lowest BCUT2D eigenvalue weighted by molar-refractivity contribution is -0.132. The number of fused-ring (bicyclic) bond motifs is 1. The lowest BCUT2D eigenvalue weighted by atomic mass is 10.2. The van der Waals surface area contributed by atoms with Crippen LogP contribution in [0.5, 0.6) is 5.75 Å². The number of hydrogen-bond donors (Lipinski definition) is 1. The van der Waals surface area contributed by atoms with Gasteiger partial charge in [-0.15, -0.1) is 0 Å². The smallest absolute Gasteiger partial charge is 0.260 e. The second-order valence-electron chi connectivity index (χ2n) is 5.64. The Morgan fingerprint density at radius 2 is 2.08 bits per heavy atom. The van der Waals surface area contributed by atoms with Crippen molar-refractivity contribution >= 4 is 28.4 Å². The van der Waals surface area contributed by atoms with Gasteiger partial charge >= 0.3 is 0 Å². The molecular formula is C18H15ClFN3O3. The molecule has 0 aliphatic rings. The SMILES string of the molecule is CN(Cc1nc2ccccc2c(=O)[nH]1)C(=O)COc1ccc(F)c(Cl)c1. The van der Waals surface area contributed by atoms with Gasteiger partial charge < -0.3 is 14.6 Å². The number of rotatable bonds is 5. The molecule has 2 aromatic carbocycles. The monoisotopic (exact) mass is 375 g/mol. The maximum absolute atomic E-state index is 13.1. The summed E-state index contributed by atoms with van der Waals surface area (Å²) in [6.07, 6.45) is 0. The number of amides is 1. The lowest BCUT2D eigenvalue weighted by Gasteiger charge is -2.17. The van der Waals surface area contributed by atoms with Gasteiger partial charge in [-0.05, 0) is 24.3 Å². The molecule has 0 fully saturated rings. The first-order valence-electron chi connectivity index (χ1n) is 7.74. The molecule has 1 amide bonds. The molecule has 0 unspecified atom stereocenters. The first kappa shape index (κ1) is 17.9. The largest absolute Gasteiger partial charge is 0.484 e. The molecule has 0 bridgehead atoms. The highest BCUT2D eigenvalue weighted by Gasteiger charge is 2.13. The minimum atomic E-state index is -0.561. The fraction of sp³-hybridized carbons (Fsp3) is 0.167. The summed E-state index contributed by atoms with van der Waals surface area (Å²) in [5.41, 5.74) is 0.299. The molecule has 3 rings (SSSR count). The Balaban J connectivity index is 1.65. The van der Waals surface area contributed by atoms with Crippen molar-refractivity contribution in [2.75, 3.05) is 13.7 Å². The lowest BCUT2D eigenvalue weighted by Crippen LogP contribution is -2.32. The van der Waals surface area contributed by atoms with Crippen molar-refractivity contribution < 1.29 is 13.9 Å². The molecule has 1 N–H and O–H groups in total. The fourth-order valence-corrected chi connectivity index (χ4v) is 2.52. The van der Waals surface area contributed by atoms with Crippen molar-refractivity contribution in [2.45, 2.75) is 6.54 Å². The molecule has 1 heterocycles. The van der Waals surface area contributed by atoms with Crippen LogP contribution < -0.4 is 10.3 Å². The van der Waals surface area contributed by atoms with E-state index in [1.807, 2.05) is 0 Å². The minimum absolute atomic E-state index is 0.0822. The van der Waals surface area contributed by atoms with E-state index in [1.165, 1.54) is 17.0 Å². The number of carbonyl (C=O) groups excluding carboxylic acids is 1. The number of aromatic nitrogens is 2. The van der Waals surface area contributed by atoms with Crippen molar-refractivity contribution in [2.24, 2.45) is 0 Å². The number of ether oxygens (including phenoxy) is 1. The number of halogens is 2. The molecule has 8 heteroatoms. The highest BCUT2D eigenvalue weighted by Crippen LogP contribution is 2.21. The molecule has 0 spiro atoms. The summed E-state index contributed by atoms with van der Waals surface area (Å²) in [7, 11) is 1.57. The minimum Gasteiger partial charge on any atom is -0.484 e. The van der Waals surface area contributed by atoms with Gasteiger partial charge in [-0.2, -0.15) is 0 Å². The number of carbonyl (C=O) groups is 1. The van der Waals surface area contributed by atoms with Crippen LogP contribution in [-0.4, -0.2) is 34.4 Å². The van der Waals surface area contributed by atoms with Crippen molar-refractivity contribution in [1.82, 2.24) is 14.9 Å². The summed E-state index contributed by atoms with van der Waals surface area (Å²) >= 11 is 5.67. The van der Waals surface area contributed by atoms with E-state index in [0.29, 0.717) is 16.7 Å². The van der Waals surface area contributed by atoms with Gasteiger partial charge in [0.2, 0.25) is 0 Å². The van der Waals surface area contributed by atoms with E-state index in [9.17, 15) is 14.0 Å². The van der Waals surface area contributed by atoms with Gasteiger partial charge in [0.05, 0.1) is 22.5 Å². The third-order valence-electron chi connectivity index (χ3n) is 3.73. The van der Waals surface area contributed by atoms with Gasteiger partial charge in [-0.25, -0.2) is 9.37 Å². The van der Waals surface area contributed by atoms with Crippen LogP contribution in [0.15, 0.2) is 47.3 Å². The Morgan fingerprint density at radius 3 is 2.85 bits per heavy atom. The first-order valence-corrected chi connectivity index (χ1v) is 8.11. The van der Waals surface area contributed by atoms with Gasteiger partial charge in [-0.1, -0.05) is 23.7 Å². The van der Waals surface area contributed by atoms with E-state index in [-0.39, 0.29) is 35.4 Å². The molecule has 0 radical (unpaired) electrons. The predicted octanol–water partition coefficient (Wildman–Crippen LogP) is 2.75.